The van der Waals surface area contributed by atoms with E-state index in [1.54, 1.807) is 6.92 Å². The van der Waals surface area contributed by atoms with E-state index in [1.165, 1.54) is 0 Å². The molecule has 0 saturated heterocycles. The number of nitrogens with two attached hydrogens (primary N) is 1. The highest BCUT2D eigenvalue weighted by atomic mass is 16.5. The van der Waals surface area contributed by atoms with Crippen molar-refractivity contribution in [2.24, 2.45) is 51.1 Å². The molecule has 0 aromatic carbocycles. The van der Waals surface area contributed by atoms with Crippen LogP contribution in [0.15, 0.2) is 0 Å². The smallest absolute Gasteiger partial charge is 0.322 e. The van der Waals surface area contributed by atoms with Gasteiger partial charge in [0.25, 0.3) is 0 Å². The Labute approximate surface area is 237 Å². The van der Waals surface area contributed by atoms with Crippen LogP contribution in [0.4, 0.5) is 0 Å². The number of aliphatic hydroxyl groups is 3. The van der Waals surface area contributed by atoms with Crippen LogP contribution in [0.3, 0.4) is 0 Å². The molecule has 0 radical (unpaired) electrons. The van der Waals surface area contributed by atoms with E-state index in [0.717, 1.165) is 51.4 Å². The zero-order chi connectivity index (χ0) is 29.4. The molecule has 226 valence electrons. The van der Waals surface area contributed by atoms with Crippen LogP contribution in [0.5, 0.6) is 0 Å². The van der Waals surface area contributed by atoms with Crippen molar-refractivity contribution in [1.29, 1.82) is 0 Å². The van der Waals surface area contributed by atoms with Crippen molar-refractivity contribution in [3.63, 3.8) is 0 Å². The van der Waals surface area contributed by atoms with Crippen molar-refractivity contribution < 1.29 is 24.9 Å². The lowest BCUT2D eigenvalue weighted by molar-refractivity contribution is -0.249. The summed E-state index contributed by atoms with van der Waals surface area (Å²) in [6, 6.07) is -0.614. The number of hydrogen-bond donors (Lipinski definition) is 4. The van der Waals surface area contributed by atoms with E-state index in [2.05, 4.69) is 34.6 Å². The summed E-state index contributed by atoms with van der Waals surface area (Å²) in [5.41, 5.74) is 4.17. The molecule has 0 bridgehead atoms. The van der Waals surface area contributed by atoms with E-state index in [0.29, 0.717) is 24.7 Å². The van der Waals surface area contributed by atoms with Gasteiger partial charge in [0.2, 0.25) is 0 Å². The first-order valence-electron chi connectivity index (χ1n) is 15.8. The molecule has 0 unspecified atom stereocenters. The van der Waals surface area contributed by atoms with Gasteiger partial charge in [0.05, 0.1) is 17.3 Å². The molecule has 4 aliphatic carbocycles. The van der Waals surface area contributed by atoms with E-state index < -0.39 is 23.3 Å². The third-order valence-corrected chi connectivity index (χ3v) is 13.2. The van der Waals surface area contributed by atoms with Gasteiger partial charge in [-0.1, -0.05) is 34.6 Å². The Bertz CT molecular complexity index is 924. The van der Waals surface area contributed by atoms with Crippen LogP contribution in [-0.2, 0) is 9.53 Å². The zero-order valence-electron chi connectivity index (χ0n) is 26.3. The maximum absolute atomic E-state index is 12.4. The Hall–Kier alpha value is -0.690. The number of fused-ring (bicyclic) bond motifs is 5. The highest BCUT2D eigenvalue weighted by Gasteiger charge is 2.71. The van der Waals surface area contributed by atoms with E-state index in [9.17, 15) is 20.1 Å². The van der Waals surface area contributed by atoms with Gasteiger partial charge in [-0.25, -0.2) is 0 Å². The second-order valence-corrected chi connectivity index (χ2v) is 16.6. The van der Waals surface area contributed by atoms with Gasteiger partial charge in [0.15, 0.2) is 0 Å². The quantitative estimate of drug-likeness (QED) is 0.308. The topological polar surface area (TPSA) is 113 Å². The lowest BCUT2D eigenvalue weighted by Gasteiger charge is -2.70. The van der Waals surface area contributed by atoms with Gasteiger partial charge in [-0.15, -0.1) is 0 Å². The van der Waals surface area contributed by atoms with Crippen molar-refractivity contribution >= 4 is 5.97 Å². The largest absolute Gasteiger partial charge is 0.461 e. The number of aliphatic hydroxyl groups excluding tert-OH is 1. The summed E-state index contributed by atoms with van der Waals surface area (Å²) in [6.07, 6.45) is 8.28. The first-order valence-corrected chi connectivity index (χ1v) is 15.8. The van der Waals surface area contributed by atoms with Crippen LogP contribution in [0.1, 0.15) is 127 Å². The Morgan fingerprint density at radius 2 is 1.56 bits per heavy atom. The van der Waals surface area contributed by atoms with Gasteiger partial charge >= 0.3 is 5.97 Å². The Kier molecular flexibility index (Phi) is 7.97. The van der Waals surface area contributed by atoms with Crippen LogP contribution in [0.25, 0.3) is 0 Å². The van der Waals surface area contributed by atoms with E-state index in [4.69, 9.17) is 10.5 Å². The Morgan fingerprint density at radius 1 is 0.949 bits per heavy atom. The first kappa shape index (κ1) is 31.3. The molecule has 0 aromatic rings. The molecule has 4 aliphatic rings. The van der Waals surface area contributed by atoms with Crippen LogP contribution in [-0.4, -0.2) is 50.7 Å². The molecule has 11 atom stereocenters. The lowest BCUT2D eigenvalue weighted by Crippen LogP contribution is -2.66. The third-order valence-electron chi connectivity index (χ3n) is 13.2. The van der Waals surface area contributed by atoms with Crippen molar-refractivity contribution in [2.75, 3.05) is 0 Å². The maximum atomic E-state index is 12.4. The SMILES string of the molecule is C[C@H](N)C(=O)O[C@H]1CC[C@]2(C)[C@H]3C[C@@H](O)[C@@H]4[C@@H]([C@](C)(O)CCCC(C)(C)O)CC[C@@]4(C)[C@]3(C)CC[C@H]2C1(C)C. The molecule has 4 fully saturated rings. The molecule has 0 amide bonds. The normalized spacial score (nSPS) is 45.9. The molecule has 39 heavy (non-hydrogen) atoms. The van der Waals surface area contributed by atoms with Gasteiger partial charge in [-0.05, 0) is 132 Å². The highest BCUT2D eigenvalue weighted by Crippen LogP contribution is 2.75. The summed E-state index contributed by atoms with van der Waals surface area (Å²) in [7, 11) is 0. The second kappa shape index (κ2) is 9.95. The molecule has 0 aromatic heterocycles. The molecule has 5 N–H and O–H groups in total. The van der Waals surface area contributed by atoms with Crippen molar-refractivity contribution in [2.45, 2.75) is 156 Å². The molecule has 0 heterocycles. The number of rotatable bonds is 7. The molecule has 4 saturated carbocycles. The number of hydrogen-bond acceptors (Lipinski definition) is 6. The monoisotopic (exact) mass is 549 g/mol. The summed E-state index contributed by atoms with van der Waals surface area (Å²) in [5, 5.41) is 33.9. The fourth-order valence-electron chi connectivity index (χ4n) is 11.0. The van der Waals surface area contributed by atoms with Gasteiger partial charge in [-0.3, -0.25) is 4.79 Å². The number of carbonyl (C=O) groups excluding carboxylic acids is 1. The van der Waals surface area contributed by atoms with Crippen molar-refractivity contribution in [3.8, 4) is 0 Å². The standard InChI is InChI=1S/C33H59NO5/c1-20(34)27(36)39-25-13-16-30(6)23(29(25,4)5)12-18-31(7)24(30)19-22(35)26-21(11-17-32(26,31)8)33(9,38)15-10-14-28(2,3)37/h20-26,35,37-38H,10-19,34H2,1-9H3/t20-,21-,22+,23-,24+,25-,26-,30-,31+,32+,33+/m0/s1. The maximum Gasteiger partial charge on any atom is 0.322 e. The lowest BCUT2D eigenvalue weighted by atomic mass is 9.35. The first-order chi connectivity index (χ1) is 17.7. The summed E-state index contributed by atoms with van der Waals surface area (Å²) in [4.78, 5) is 12.4. The molecule has 4 rings (SSSR count). The fourth-order valence-corrected chi connectivity index (χ4v) is 11.0. The summed E-state index contributed by atoms with van der Waals surface area (Å²) in [5.74, 6) is 0.604. The predicted molar refractivity (Wildman–Crippen MR) is 155 cm³/mol. The minimum atomic E-state index is -0.858. The number of carbonyl (C=O) groups is 1. The van der Waals surface area contributed by atoms with Gasteiger partial charge < -0.3 is 25.8 Å². The third kappa shape index (κ3) is 5.02. The minimum absolute atomic E-state index is 0.0450. The van der Waals surface area contributed by atoms with Crippen LogP contribution in [0, 0.1) is 45.3 Å². The van der Waals surface area contributed by atoms with Crippen molar-refractivity contribution in [1.82, 2.24) is 0 Å². The predicted octanol–water partition coefficient (Wildman–Crippen LogP) is 5.59. The van der Waals surface area contributed by atoms with Crippen LogP contribution >= 0.6 is 0 Å². The number of esters is 1. The Balaban J connectivity index is 1.59. The van der Waals surface area contributed by atoms with Gasteiger partial charge in [0.1, 0.15) is 12.1 Å². The average Bonchev–Trinajstić information content (AvgIpc) is 3.17. The van der Waals surface area contributed by atoms with Gasteiger partial charge in [-0.2, -0.15) is 0 Å². The van der Waals surface area contributed by atoms with E-state index in [-0.39, 0.29) is 45.6 Å². The molecule has 0 aliphatic heterocycles. The summed E-state index contributed by atoms with van der Waals surface area (Å²) >= 11 is 0. The molecule has 6 nitrogen and oxygen atoms in total. The molecule has 6 heteroatoms. The molecular weight excluding hydrogens is 490 g/mol. The Morgan fingerprint density at radius 3 is 2.15 bits per heavy atom. The van der Waals surface area contributed by atoms with Crippen molar-refractivity contribution in [3.05, 3.63) is 0 Å². The summed E-state index contributed by atoms with van der Waals surface area (Å²) < 4.78 is 5.98. The highest BCUT2D eigenvalue weighted by molar-refractivity contribution is 5.75. The zero-order valence-corrected chi connectivity index (χ0v) is 26.3. The number of ether oxygens (including phenoxy) is 1. The average molecular weight is 550 g/mol. The molecular formula is C33H59NO5. The summed E-state index contributed by atoms with van der Waals surface area (Å²) in [6.45, 7) is 19.2. The molecule has 0 spiro atoms. The fraction of sp³-hybridized carbons (Fsp3) is 0.970. The van der Waals surface area contributed by atoms with Gasteiger partial charge in [0, 0.05) is 5.41 Å². The van der Waals surface area contributed by atoms with E-state index >= 15 is 0 Å². The minimum Gasteiger partial charge on any atom is -0.461 e. The van der Waals surface area contributed by atoms with E-state index in [1.807, 2.05) is 20.8 Å². The van der Waals surface area contributed by atoms with Crippen LogP contribution < -0.4 is 5.73 Å². The van der Waals surface area contributed by atoms with Crippen LogP contribution in [0.2, 0.25) is 0 Å². The second-order valence-electron chi connectivity index (χ2n) is 16.6.